The van der Waals surface area contributed by atoms with Gasteiger partial charge in [-0.15, -0.1) is 0 Å². The van der Waals surface area contributed by atoms with E-state index in [-0.39, 0.29) is 58.6 Å². The van der Waals surface area contributed by atoms with Gasteiger partial charge in [-0.25, -0.2) is 8.42 Å². The number of ketones is 1. The second-order valence-electron chi connectivity index (χ2n) is 7.87. The van der Waals surface area contributed by atoms with Gasteiger partial charge in [-0.2, -0.15) is 4.31 Å². The number of halogens is 2. The van der Waals surface area contributed by atoms with Gasteiger partial charge in [0.05, 0.1) is 28.8 Å². The van der Waals surface area contributed by atoms with Gasteiger partial charge in [-0.05, 0) is 54.6 Å². The Kier molecular flexibility index (Phi) is 10.2. The molecule has 3 aromatic carbocycles. The average Bonchev–Trinajstić information content (AvgIpc) is 2.89. The molecular weight excluding hydrogens is 539 g/mol. The molecule has 37 heavy (non-hydrogen) atoms. The molecule has 1 amide bonds. The maximum Gasteiger partial charge on any atom is 0.255 e. The summed E-state index contributed by atoms with van der Waals surface area (Å²) in [7, 11) is -0.857. The molecule has 0 bridgehead atoms. The smallest absolute Gasteiger partial charge is 0.255 e. The number of nitrogens with zero attached hydrogens (tertiary/aromatic N) is 1. The van der Waals surface area contributed by atoms with Crippen molar-refractivity contribution in [1.82, 2.24) is 4.31 Å². The number of ether oxygens (including phenoxy) is 2. The first-order valence-electron chi connectivity index (χ1n) is 11.2. The number of anilines is 1. The van der Waals surface area contributed by atoms with Crippen LogP contribution in [0.25, 0.3) is 0 Å². The number of sulfonamides is 1. The molecule has 0 aromatic heterocycles. The molecule has 1 N–H and O–H groups in total. The number of nitrogens with one attached hydrogen (secondary N) is 1. The van der Waals surface area contributed by atoms with Crippen LogP contribution in [-0.4, -0.2) is 64.9 Å². The predicted molar refractivity (Wildman–Crippen MR) is 143 cm³/mol. The van der Waals surface area contributed by atoms with E-state index in [1.54, 1.807) is 30.3 Å². The highest BCUT2D eigenvalue weighted by Crippen LogP contribution is 2.27. The molecule has 0 saturated carbocycles. The molecule has 3 rings (SSSR count). The lowest BCUT2D eigenvalue weighted by molar-refractivity contribution is 0.102. The molecule has 196 valence electrons. The lowest BCUT2D eigenvalue weighted by Crippen LogP contribution is -2.36. The first-order valence-corrected chi connectivity index (χ1v) is 13.4. The first kappa shape index (κ1) is 28.8. The molecule has 3 aromatic rings. The highest BCUT2D eigenvalue weighted by molar-refractivity contribution is 7.89. The Labute approximate surface area is 226 Å². The van der Waals surface area contributed by atoms with Crippen molar-refractivity contribution in [3.05, 3.63) is 93.5 Å². The summed E-state index contributed by atoms with van der Waals surface area (Å²) >= 11 is 12.3. The molecule has 0 aliphatic carbocycles. The summed E-state index contributed by atoms with van der Waals surface area (Å²) in [5, 5.41) is 3.29. The Hall–Kier alpha value is -2.79. The average molecular weight is 565 g/mol. The minimum atomic E-state index is -3.83. The second kappa shape index (κ2) is 13.1. The standard InChI is InChI=1S/C26H26Cl2N2O6S/c1-35-15-13-30(14-16-36-2)37(33,34)20-10-7-18(8-11-20)26(32)29-24-12-9-19(27)17-22(24)25(31)21-5-3-4-6-23(21)28/h3-12,17H,13-16H2,1-2H3,(H,29,32). The van der Waals surface area contributed by atoms with Gasteiger partial charge >= 0.3 is 0 Å². The summed E-state index contributed by atoms with van der Waals surface area (Å²) in [6, 6.07) is 16.6. The van der Waals surface area contributed by atoms with E-state index in [1.807, 2.05) is 0 Å². The van der Waals surface area contributed by atoms with Crippen LogP contribution in [0, 0.1) is 0 Å². The van der Waals surface area contributed by atoms with Gasteiger partial charge in [0.1, 0.15) is 0 Å². The molecule has 0 radical (unpaired) electrons. The van der Waals surface area contributed by atoms with Crippen LogP contribution in [0.5, 0.6) is 0 Å². The fourth-order valence-corrected chi connectivity index (χ4v) is 5.27. The zero-order chi connectivity index (χ0) is 27.0. The van der Waals surface area contributed by atoms with E-state index < -0.39 is 21.7 Å². The van der Waals surface area contributed by atoms with E-state index in [0.717, 1.165) is 0 Å². The number of carbonyl (C=O) groups excluding carboxylic acids is 2. The first-order chi connectivity index (χ1) is 17.7. The Morgan fingerprint density at radius 3 is 2.08 bits per heavy atom. The minimum absolute atomic E-state index is 0.0253. The number of carbonyl (C=O) groups is 2. The normalized spacial score (nSPS) is 11.5. The van der Waals surface area contributed by atoms with Crippen molar-refractivity contribution < 1.29 is 27.5 Å². The van der Waals surface area contributed by atoms with Gasteiger partial charge in [0.2, 0.25) is 10.0 Å². The van der Waals surface area contributed by atoms with Gasteiger partial charge < -0.3 is 14.8 Å². The molecule has 0 aliphatic heterocycles. The molecule has 0 heterocycles. The van der Waals surface area contributed by atoms with Crippen LogP contribution in [0.1, 0.15) is 26.3 Å². The third-order valence-corrected chi connectivity index (χ3v) is 7.91. The fraction of sp³-hybridized carbons (Fsp3) is 0.231. The molecule has 11 heteroatoms. The summed E-state index contributed by atoms with van der Waals surface area (Å²) in [6.45, 7) is 0.756. The highest BCUT2D eigenvalue weighted by Gasteiger charge is 2.25. The van der Waals surface area contributed by atoms with Crippen LogP contribution in [0.2, 0.25) is 10.0 Å². The van der Waals surface area contributed by atoms with Crippen molar-refractivity contribution in [2.24, 2.45) is 0 Å². The van der Waals surface area contributed by atoms with Gasteiger partial charge in [0.15, 0.2) is 5.78 Å². The van der Waals surface area contributed by atoms with Crippen molar-refractivity contribution >= 4 is 50.6 Å². The Morgan fingerprint density at radius 2 is 1.49 bits per heavy atom. The van der Waals surface area contributed by atoms with E-state index >= 15 is 0 Å². The maximum atomic E-state index is 13.1. The van der Waals surface area contributed by atoms with Crippen molar-refractivity contribution in [2.45, 2.75) is 4.90 Å². The third-order valence-electron chi connectivity index (χ3n) is 5.44. The Morgan fingerprint density at radius 1 is 0.865 bits per heavy atom. The molecule has 0 aliphatic rings. The summed E-state index contributed by atoms with van der Waals surface area (Å²) in [4.78, 5) is 26.1. The van der Waals surface area contributed by atoms with Crippen LogP contribution >= 0.6 is 23.2 Å². The number of rotatable bonds is 12. The second-order valence-corrected chi connectivity index (χ2v) is 10.6. The van der Waals surface area contributed by atoms with Gasteiger partial charge in [-0.1, -0.05) is 35.3 Å². The number of benzene rings is 3. The molecule has 0 unspecified atom stereocenters. The molecule has 0 spiro atoms. The largest absolute Gasteiger partial charge is 0.383 e. The van der Waals surface area contributed by atoms with Gasteiger partial charge in [-0.3, -0.25) is 9.59 Å². The van der Waals surface area contributed by atoms with E-state index in [2.05, 4.69) is 5.32 Å². The SMILES string of the molecule is COCCN(CCOC)S(=O)(=O)c1ccc(C(=O)Nc2ccc(Cl)cc2C(=O)c2ccccc2Cl)cc1. The van der Waals surface area contributed by atoms with Crippen LogP contribution in [0.3, 0.4) is 0 Å². The summed E-state index contributed by atoms with van der Waals surface area (Å²) < 4.78 is 37.5. The van der Waals surface area contributed by atoms with E-state index in [9.17, 15) is 18.0 Å². The highest BCUT2D eigenvalue weighted by atomic mass is 35.5. The molecule has 8 nitrogen and oxygen atoms in total. The quantitative estimate of drug-likeness (QED) is 0.318. The summed E-state index contributed by atoms with van der Waals surface area (Å²) in [6.07, 6.45) is 0. The number of methoxy groups -OCH3 is 2. The fourth-order valence-electron chi connectivity index (χ4n) is 3.46. The lowest BCUT2D eigenvalue weighted by Gasteiger charge is -2.21. The maximum absolute atomic E-state index is 13.1. The van der Waals surface area contributed by atoms with E-state index in [0.29, 0.717) is 5.02 Å². The third kappa shape index (κ3) is 7.16. The van der Waals surface area contributed by atoms with Crippen molar-refractivity contribution in [3.8, 4) is 0 Å². The molecule has 0 atom stereocenters. The molecular formula is C26H26Cl2N2O6S. The van der Waals surface area contributed by atoms with E-state index in [1.165, 1.54) is 54.9 Å². The van der Waals surface area contributed by atoms with E-state index in [4.69, 9.17) is 32.7 Å². The van der Waals surface area contributed by atoms with Crippen LogP contribution in [0.15, 0.2) is 71.6 Å². The van der Waals surface area contributed by atoms with Gasteiger partial charge in [0, 0.05) is 49.0 Å². The molecule has 0 fully saturated rings. The lowest BCUT2D eigenvalue weighted by atomic mass is 10.0. The summed E-state index contributed by atoms with van der Waals surface area (Å²) in [5.74, 6) is -0.938. The van der Waals surface area contributed by atoms with Crippen molar-refractivity contribution in [1.29, 1.82) is 0 Å². The summed E-state index contributed by atoms with van der Waals surface area (Å²) in [5.41, 5.74) is 0.870. The minimum Gasteiger partial charge on any atom is -0.383 e. The molecule has 0 saturated heterocycles. The number of amides is 1. The monoisotopic (exact) mass is 564 g/mol. The predicted octanol–water partition coefficient (Wildman–Crippen LogP) is 4.76. The number of hydrogen-bond donors (Lipinski definition) is 1. The van der Waals surface area contributed by atoms with Gasteiger partial charge in [0.25, 0.3) is 5.91 Å². The number of hydrogen-bond acceptors (Lipinski definition) is 6. The Bertz CT molecular complexity index is 1360. The zero-order valence-corrected chi connectivity index (χ0v) is 22.6. The van der Waals surface area contributed by atoms with Crippen molar-refractivity contribution in [2.75, 3.05) is 45.8 Å². The van der Waals surface area contributed by atoms with Crippen LogP contribution < -0.4 is 5.32 Å². The van der Waals surface area contributed by atoms with Crippen LogP contribution in [-0.2, 0) is 19.5 Å². The topological polar surface area (TPSA) is 102 Å². The Balaban J connectivity index is 1.83. The zero-order valence-electron chi connectivity index (χ0n) is 20.2. The van der Waals surface area contributed by atoms with Crippen molar-refractivity contribution in [3.63, 3.8) is 0 Å². The van der Waals surface area contributed by atoms with Crippen LogP contribution in [0.4, 0.5) is 5.69 Å².